The number of rotatable bonds is 1. The van der Waals surface area contributed by atoms with Gasteiger partial charge in [-0.3, -0.25) is 0 Å². The Balaban J connectivity index is 1.73. The third kappa shape index (κ3) is 2.15. The Labute approximate surface area is 149 Å². The molecule has 1 saturated carbocycles. The molecule has 25 heavy (non-hydrogen) atoms. The lowest BCUT2D eigenvalue weighted by atomic mass is 9.67. The number of nitrogens with two attached hydrogens (primary N) is 1. The van der Waals surface area contributed by atoms with Crippen molar-refractivity contribution in [1.29, 1.82) is 0 Å². The Morgan fingerprint density at radius 2 is 1.40 bits per heavy atom. The molecule has 1 nitrogen and oxygen atoms in total. The SMILES string of the molecule is Nc1cccc(-c2ccc3c(c2)C2(CCCCC2)c2ccccc2-3)c1. The number of benzene rings is 3. The van der Waals surface area contributed by atoms with Crippen LogP contribution in [0.15, 0.2) is 66.7 Å². The molecule has 0 bridgehead atoms. The fraction of sp³-hybridized carbons (Fsp3) is 0.250. The van der Waals surface area contributed by atoms with Crippen LogP contribution in [-0.2, 0) is 5.41 Å². The summed E-state index contributed by atoms with van der Waals surface area (Å²) in [4.78, 5) is 0. The van der Waals surface area contributed by atoms with E-state index in [-0.39, 0.29) is 5.41 Å². The smallest absolute Gasteiger partial charge is 0.0320 e. The van der Waals surface area contributed by atoms with Crippen LogP contribution < -0.4 is 5.73 Å². The van der Waals surface area contributed by atoms with Crippen LogP contribution in [0, 0.1) is 0 Å². The zero-order valence-electron chi connectivity index (χ0n) is 14.5. The van der Waals surface area contributed by atoms with Gasteiger partial charge in [-0.15, -0.1) is 0 Å². The van der Waals surface area contributed by atoms with E-state index in [1.54, 1.807) is 5.56 Å². The molecular formula is C24H23N. The normalized spacial score (nSPS) is 17.3. The minimum absolute atomic E-state index is 0.223. The molecule has 0 saturated heterocycles. The maximum absolute atomic E-state index is 6.01. The van der Waals surface area contributed by atoms with E-state index in [0.29, 0.717) is 0 Å². The number of nitrogen functional groups attached to an aromatic ring is 1. The van der Waals surface area contributed by atoms with Crippen LogP contribution in [0.3, 0.4) is 0 Å². The van der Waals surface area contributed by atoms with E-state index in [1.165, 1.54) is 59.9 Å². The molecule has 3 aromatic carbocycles. The third-order valence-electron chi connectivity index (χ3n) is 6.20. The summed E-state index contributed by atoms with van der Waals surface area (Å²) < 4.78 is 0. The first-order valence-corrected chi connectivity index (χ1v) is 9.38. The summed E-state index contributed by atoms with van der Waals surface area (Å²) in [6.45, 7) is 0. The highest BCUT2D eigenvalue weighted by molar-refractivity contribution is 5.84. The zero-order chi connectivity index (χ0) is 16.9. The van der Waals surface area contributed by atoms with Gasteiger partial charge in [-0.25, -0.2) is 0 Å². The molecule has 0 aromatic heterocycles. The number of fused-ring (bicyclic) bond motifs is 5. The highest BCUT2D eigenvalue weighted by Crippen LogP contribution is 2.56. The second-order valence-electron chi connectivity index (χ2n) is 7.57. The van der Waals surface area contributed by atoms with Crippen molar-refractivity contribution in [1.82, 2.24) is 0 Å². The molecule has 0 unspecified atom stereocenters. The second kappa shape index (κ2) is 5.49. The van der Waals surface area contributed by atoms with Crippen LogP contribution in [0.2, 0.25) is 0 Å². The summed E-state index contributed by atoms with van der Waals surface area (Å²) in [6, 6.07) is 24.3. The molecular weight excluding hydrogens is 302 g/mol. The van der Waals surface area contributed by atoms with Crippen molar-refractivity contribution >= 4 is 5.69 Å². The Morgan fingerprint density at radius 3 is 2.24 bits per heavy atom. The average Bonchev–Trinajstić information content (AvgIpc) is 2.92. The fourth-order valence-electron chi connectivity index (χ4n) is 5.05. The van der Waals surface area contributed by atoms with E-state index < -0.39 is 0 Å². The highest BCUT2D eigenvalue weighted by Gasteiger charge is 2.43. The van der Waals surface area contributed by atoms with Gasteiger partial charge in [0.05, 0.1) is 0 Å². The van der Waals surface area contributed by atoms with Gasteiger partial charge >= 0.3 is 0 Å². The number of hydrogen-bond acceptors (Lipinski definition) is 1. The first-order valence-electron chi connectivity index (χ1n) is 9.38. The van der Waals surface area contributed by atoms with Crippen LogP contribution >= 0.6 is 0 Å². The molecule has 124 valence electrons. The highest BCUT2D eigenvalue weighted by atomic mass is 14.5. The lowest BCUT2D eigenvalue weighted by Gasteiger charge is -2.36. The first-order chi connectivity index (χ1) is 12.3. The van der Waals surface area contributed by atoms with E-state index in [9.17, 15) is 0 Å². The molecule has 3 aromatic rings. The molecule has 0 aliphatic heterocycles. The largest absolute Gasteiger partial charge is 0.399 e. The van der Waals surface area contributed by atoms with Crippen LogP contribution in [0.1, 0.15) is 43.2 Å². The van der Waals surface area contributed by atoms with Gasteiger partial charge in [0, 0.05) is 11.1 Å². The van der Waals surface area contributed by atoms with Crippen LogP contribution in [0.4, 0.5) is 5.69 Å². The molecule has 1 spiro atoms. The van der Waals surface area contributed by atoms with Gasteiger partial charge in [0.1, 0.15) is 0 Å². The molecule has 0 heterocycles. The molecule has 2 N–H and O–H groups in total. The predicted octanol–water partition coefficient (Wildman–Crippen LogP) is 6.17. The predicted molar refractivity (Wildman–Crippen MR) is 106 cm³/mol. The topological polar surface area (TPSA) is 26.0 Å². The van der Waals surface area contributed by atoms with Crippen LogP contribution in [-0.4, -0.2) is 0 Å². The van der Waals surface area contributed by atoms with Gasteiger partial charge in [-0.2, -0.15) is 0 Å². The summed E-state index contributed by atoms with van der Waals surface area (Å²) in [5.74, 6) is 0. The minimum Gasteiger partial charge on any atom is -0.399 e. The zero-order valence-corrected chi connectivity index (χ0v) is 14.5. The number of anilines is 1. The molecule has 0 amide bonds. The summed E-state index contributed by atoms with van der Waals surface area (Å²) >= 11 is 0. The number of hydrogen-bond donors (Lipinski definition) is 1. The molecule has 0 radical (unpaired) electrons. The van der Waals surface area contributed by atoms with Crippen molar-refractivity contribution in [2.75, 3.05) is 5.73 Å². The maximum atomic E-state index is 6.01. The van der Waals surface area contributed by atoms with E-state index in [2.05, 4.69) is 54.6 Å². The van der Waals surface area contributed by atoms with E-state index in [1.807, 2.05) is 12.1 Å². The van der Waals surface area contributed by atoms with Crippen molar-refractivity contribution in [2.45, 2.75) is 37.5 Å². The van der Waals surface area contributed by atoms with Crippen molar-refractivity contribution in [2.24, 2.45) is 0 Å². The van der Waals surface area contributed by atoms with Gasteiger partial charge in [0.2, 0.25) is 0 Å². The van der Waals surface area contributed by atoms with Crippen LogP contribution in [0.25, 0.3) is 22.3 Å². The Hall–Kier alpha value is -2.54. The summed E-state index contributed by atoms with van der Waals surface area (Å²) in [6.07, 6.45) is 6.58. The Bertz CT molecular complexity index is 948. The van der Waals surface area contributed by atoms with Gasteiger partial charge in [-0.05, 0) is 64.4 Å². The van der Waals surface area contributed by atoms with E-state index >= 15 is 0 Å². The molecule has 1 fully saturated rings. The van der Waals surface area contributed by atoms with Gasteiger partial charge in [0.15, 0.2) is 0 Å². The Morgan fingerprint density at radius 1 is 0.640 bits per heavy atom. The second-order valence-corrected chi connectivity index (χ2v) is 7.57. The summed E-state index contributed by atoms with van der Waals surface area (Å²) in [5, 5.41) is 0. The average molecular weight is 325 g/mol. The fourth-order valence-corrected chi connectivity index (χ4v) is 5.05. The molecule has 5 rings (SSSR count). The molecule has 2 aliphatic rings. The van der Waals surface area contributed by atoms with Crippen molar-refractivity contribution in [3.05, 3.63) is 77.9 Å². The standard InChI is InChI=1S/C24H23N/c25-19-8-6-7-17(15-19)18-11-12-21-20-9-2-3-10-22(20)24(23(21)16-18)13-4-1-5-14-24/h2-3,6-12,15-16H,1,4-5,13-14,25H2. The van der Waals surface area contributed by atoms with E-state index in [0.717, 1.165) is 5.69 Å². The maximum Gasteiger partial charge on any atom is 0.0320 e. The van der Waals surface area contributed by atoms with Gasteiger partial charge in [-0.1, -0.05) is 67.8 Å². The van der Waals surface area contributed by atoms with Gasteiger partial charge in [0.25, 0.3) is 0 Å². The van der Waals surface area contributed by atoms with Crippen LogP contribution in [0.5, 0.6) is 0 Å². The van der Waals surface area contributed by atoms with Crippen molar-refractivity contribution in [3.63, 3.8) is 0 Å². The van der Waals surface area contributed by atoms with E-state index in [4.69, 9.17) is 5.73 Å². The third-order valence-corrected chi connectivity index (χ3v) is 6.20. The molecule has 2 aliphatic carbocycles. The molecule has 1 heteroatoms. The Kier molecular flexibility index (Phi) is 3.24. The molecule has 0 atom stereocenters. The van der Waals surface area contributed by atoms with Gasteiger partial charge < -0.3 is 5.73 Å². The van der Waals surface area contributed by atoms with Crippen molar-refractivity contribution < 1.29 is 0 Å². The summed E-state index contributed by atoms with van der Waals surface area (Å²) in [5.41, 5.74) is 15.5. The van der Waals surface area contributed by atoms with Crippen molar-refractivity contribution in [3.8, 4) is 22.3 Å². The first kappa shape index (κ1) is 14.8. The quantitative estimate of drug-likeness (QED) is 0.532. The summed E-state index contributed by atoms with van der Waals surface area (Å²) in [7, 11) is 0. The monoisotopic (exact) mass is 325 g/mol. The lowest BCUT2D eigenvalue weighted by Crippen LogP contribution is -2.28. The minimum atomic E-state index is 0.223. The lowest BCUT2D eigenvalue weighted by molar-refractivity contribution is 0.353.